The number of nitrogens with zero attached hydrogens (tertiary/aromatic N) is 1. The Morgan fingerprint density at radius 2 is 1.09 bits per heavy atom. The van der Waals surface area contributed by atoms with Gasteiger partial charge in [0.15, 0.2) is 0 Å². The van der Waals surface area contributed by atoms with Crippen LogP contribution in [0.3, 0.4) is 0 Å². The quantitative estimate of drug-likeness (QED) is 0.161. The highest BCUT2D eigenvalue weighted by Crippen LogP contribution is 2.52. The number of hydrogen-bond acceptors (Lipinski definition) is 3. The van der Waals surface area contributed by atoms with Crippen molar-refractivity contribution in [1.29, 1.82) is 0 Å². The average molecular weight is 766 g/mol. The monoisotopic (exact) mass is 765 g/mol. The van der Waals surface area contributed by atoms with Gasteiger partial charge in [-0.25, -0.2) is 0 Å². The molecule has 1 nitrogen and oxygen atoms in total. The highest BCUT2D eigenvalue weighted by molar-refractivity contribution is 7.28. The maximum absolute atomic E-state index is 2.58. The number of anilines is 3. The molecule has 0 unspecified atom stereocenters. The van der Waals surface area contributed by atoms with Crippen molar-refractivity contribution in [1.82, 2.24) is 0 Å². The van der Waals surface area contributed by atoms with E-state index in [-0.39, 0.29) is 0 Å². The lowest BCUT2D eigenvalue weighted by molar-refractivity contribution is 1.30. The Balaban J connectivity index is 1.15. The number of fused-ring (bicyclic) bond motifs is 13. The smallest absolute Gasteiger partial charge is 0.113 e. The summed E-state index contributed by atoms with van der Waals surface area (Å²) in [6.45, 7) is 5.03. The lowest BCUT2D eigenvalue weighted by Crippen LogP contribution is -2.49. The first-order valence-corrected chi connectivity index (χ1v) is 24.0. The summed E-state index contributed by atoms with van der Waals surface area (Å²) in [6.07, 6.45) is 0. The summed E-state index contributed by atoms with van der Waals surface area (Å²) >= 11 is 3.84. The molecule has 0 bridgehead atoms. The van der Waals surface area contributed by atoms with Crippen molar-refractivity contribution in [2.24, 2.45) is 0 Å². The van der Waals surface area contributed by atoms with Crippen molar-refractivity contribution in [3.63, 3.8) is 0 Å². The fourth-order valence-corrected chi connectivity index (χ4v) is 15.0. The summed E-state index contributed by atoms with van der Waals surface area (Å²) in [6, 6.07) is 66.1. The third-order valence-electron chi connectivity index (χ3n) is 12.2. The van der Waals surface area contributed by atoms with E-state index in [1.54, 1.807) is 0 Å². The Kier molecular flexibility index (Phi) is 6.89. The number of benzene rings is 9. The molecular formula is C52H35NS2Si. The maximum Gasteiger partial charge on any atom is 0.113 e. The molecule has 4 heteroatoms. The molecule has 0 saturated carbocycles. The second-order valence-corrected chi connectivity index (χ2v) is 22.1. The molecule has 12 rings (SSSR count). The van der Waals surface area contributed by atoms with Crippen LogP contribution in [0, 0.1) is 0 Å². The molecule has 0 fully saturated rings. The number of rotatable bonds is 4. The van der Waals surface area contributed by atoms with Crippen LogP contribution in [0.15, 0.2) is 176 Å². The first-order valence-electron chi connectivity index (χ1n) is 19.3. The van der Waals surface area contributed by atoms with Gasteiger partial charge in [-0.1, -0.05) is 140 Å². The van der Waals surface area contributed by atoms with Gasteiger partial charge in [-0.15, -0.1) is 22.7 Å². The van der Waals surface area contributed by atoms with E-state index in [4.69, 9.17) is 0 Å². The second-order valence-electron chi connectivity index (χ2n) is 15.6. The minimum Gasteiger partial charge on any atom is -0.309 e. The van der Waals surface area contributed by atoms with Crippen molar-refractivity contribution >= 4 is 120 Å². The molecule has 0 atom stereocenters. The van der Waals surface area contributed by atoms with Gasteiger partial charge < -0.3 is 4.90 Å². The van der Waals surface area contributed by atoms with Gasteiger partial charge in [-0.3, -0.25) is 0 Å². The molecule has 3 heterocycles. The van der Waals surface area contributed by atoms with Crippen LogP contribution in [0.25, 0.3) is 84.1 Å². The lowest BCUT2D eigenvalue weighted by atomic mass is 9.98. The molecule has 0 aliphatic carbocycles. The molecule has 9 aromatic carbocycles. The van der Waals surface area contributed by atoms with Crippen LogP contribution in [0.5, 0.6) is 0 Å². The minimum atomic E-state index is -1.92. The summed E-state index contributed by atoms with van der Waals surface area (Å²) in [5.74, 6) is 0. The molecule has 1 aliphatic rings. The summed E-state index contributed by atoms with van der Waals surface area (Å²) in [5, 5.41) is 13.6. The second kappa shape index (κ2) is 12.0. The third-order valence-corrected chi connectivity index (χ3v) is 18.1. The van der Waals surface area contributed by atoms with E-state index in [1.165, 1.54) is 106 Å². The zero-order valence-corrected chi connectivity index (χ0v) is 33.6. The van der Waals surface area contributed by atoms with Crippen LogP contribution in [0.4, 0.5) is 17.1 Å². The Morgan fingerprint density at radius 1 is 0.429 bits per heavy atom. The fourth-order valence-electron chi connectivity index (χ4n) is 9.57. The van der Waals surface area contributed by atoms with Crippen LogP contribution in [-0.2, 0) is 0 Å². The Labute approximate surface area is 334 Å². The Hall–Kier alpha value is -6.04. The average Bonchev–Trinajstić information content (AvgIpc) is 3.89. The van der Waals surface area contributed by atoms with Crippen molar-refractivity contribution in [2.75, 3.05) is 4.90 Å². The molecule has 0 spiro atoms. The van der Waals surface area contributed by atoms with Gasteiger partial charge in [0.2, 0.25) is 0 Å². The summed E-state index contributed by atoms with van der Waals surface area (Å²) in [5.41, 5.74) is 8.83. The van der Waals surface area contributed by atoms with Gasteiger partial charge in [0.25, 0.3) is 0 Å². The maximum atomic E-state index is 2.58. The van der Waals surface area contributed by atoms with Crippen LogP contribution in [-0.4, -0.2) is 8.07 Å². The van der Waals surface area contributed by atoms with Crippen molar-refractivity contribution < 1.29 is 0 Å². The zero-order chi connectivity index (χ0) is 37.1. The van der Waals surface area contributed by atoms with E-state index in [0.29, 0.717) is 0 Å². The standard InChI is InChI=1S/C52H35NS2Si/c1-56(2)46-19-8-7-15-39(46)48-41(17-10-20-47(48)56)53(37-26-23-33(24-27-37)36-22-21-32-11-3-4-13-35(32)31-36)42-16-9-18-43-50(42)51-45(54-43)30-29-44-49(51)40-28-25-34-12-5-6-14-38(34)52(40)55-44/h3-31H,1-2H3. The molecule has 264 valence electrons. The molecule has 56 heavy (non-hydrogen) atoms. The van der Waals surface area contributed by atoms with Gasteiger partial charge in [0.1, 0.15) is 8.07 Å². The normalized spacial score (nSPS) is 13.3. The predicted octanol–water partition coefficient (Wildman–Crippen LogP) is 14.7. The van der Waals surface area contributed by atoms with E-state index in [0.717, 1.165) is 5.69 Å². The summed E-state index contributed by atoms with van der Waals surface area (Å²) < 4.78 is 5.35. The summed E-state index contributed by atoms with van der Waals surface area (Å²) in [4.78, 5) is 2.58. The largest absolute Gasteiger partial charge is 0.309 e. The van der Waals surface area contributed by atoms with Gasteiger partial charge in [0.05, 0.1) is 11.4 Å². The van der Waals surface area contributed by atoms with E-state index >= 15 is 0 Å². The van der Waals surface area contributed by atoms with Crippen LogP contribution in [0.2, 0.25) is 13.1 Å². The third kappa shape index (κ3) is 4.58. The molecule has 0 saturated heterocycles. The highest BCUT2D eigenvalue weighted by atomic mass is 32.1. The van der Waals surface area contributed by atoms with E-state index < -0.39 is 8.07 Å². The van der Waals surface area contributed by atoms with Crippen LogP contribution < -0.4 is 15.3 Å². The van der Waals surface area contributed by atoms with Gasteiger partial charge >= 0.3 is 0 Å². The van der Waals surface area contributed by atoms with Crippen LogP contribution in [0.1, 0.15) is 0 Å². The van der Waals surface area contributed by atoms with Crippen molar-refractivity contribution in [2.45, 2.75) is 13.1 Å². The first-order chi connectivity index (χ1) is 27.5. The van der Waals surface area contributed by atoms with Crippen molar-refractivity contribution in [3.8, 4) is 22.3 Å². The van der Waals surface area contributed by atoms with Gasteiger partial charge in [-0.05, 0) is 97.1 Å². The Bertz CT molecular complexity index is 3410. The molecule has 0 radical (unpaired) electrons. The Morgan fingerprint density at radius 3 is 1.96 bits per heavy atom. The van der Waals surface area contributed by atoms with E-state index in [9.17, 15) is 0 Å². The molecule has 2 aromatic heterocycles. The van der Waals surface area contributed by atoms with Crippen molar-refractivity contribution in [3.05, 3.63) is 176 Å². The molecule has 0 N–H and O–H groups in total. The minimum absolute atomic E-state index is 1.16. The molecule has 0 amide bonds. The number of hydrogen-bond donors (Lipinski definition) is 0. The molecule has 11 aromatic rings. The summed E-state index contributed by atoms with van der Waals surface area (Å²) in [7, 11) is -1.92. The zero-order valence-electron chi connectivity index (χ0n) is 31.0. The molecule has 1 aliphatic heterocycles. The van der Waals surface area contributed by atoms with E-state index in [1.807, 2.05) is 22.7 Å². The van der Waals surface area contributed by atoms with Gasteiger partial charge in [0, 0.05) is 51.6 Å². The lowest BCUT2D eigenvalue weighted by Gasteiger charge is -2.29. The SMILES string of the molecule is C[Si]1(C)c2ccccc2-c2c(N(c3ccc(-c4ccc5ccccc5c4)cc3)c3cccc4sc5ccc6sc7c8ccccc8ccc7c6c5c34)cccc21. The first kappa shape index (κ1) is 32.2. The number of thiophene rings is 2. The fraction of sp³-hybridized carbons (Fsp3) is 0.0385. The van der Waals surface area contributed by atoms with Gasteiger partial charge in [-0.2, -0.15) is 0 Å². The topological polar surface area (TPSA) is 3.24 Å². The molecular weight excluding hydrogens is 731 g/mol. The van der Waals surface area contributed by atoms with E-state index in [2.05, 4.69) is 194 Å². The highest BCUT2D eigenvalue weighted by Gasteiger charge is 2.39. The predicted molar refractivity (Wildman–Crippen MR) is 250 cm³/mol. The van der Waals surface area contributed by atoms with Crippen LogP contribution >= 0.6 is 22.7 Å².